The number of likely N-dealkylation sites (N-methyl/N-ethyl adjacent to an activating group) is 1. The summed E-state index contributed by atoms with van der Waals surface area (Å²) in [6.07, 6.45) is -3.01. The van der Waals surface area contributed by atoms with Crippen LogP contribution in [0.2, 0.25) is 0 Å². The first-order chi connectivity index (χ1) is 22.6. The minimum absolute atomic E-state index is 0.0936. The number of nitrogens with one attached hydrogen (secondary N) is 3. The zero-order valence-corrected chi connectivity index (χ0v) is 26.4. The first-order valence-electron chi connectivity index (χ1n) is 15.4. The van der Waals surface area contributed by atoms with Crippen LogP contribution in [0.1, 0.15) is 27.0 Å². The van der Waals surface area contributed by atoms with Crippen LogP contribution in [0.5, 0.6) is 0 Å². The van der Waals surface area contributed by atoms with E-state index < -0.39 is 17.6 Å². The van der Waals surface area contributed by atoms with Crippen molar-refractivity contribution >= 4 is 40.1 Å². The second-order valence-electron chi connectivity index (χ2n) is 11.7. The fourth-order valence-electron chi connectivity index (χ4n) is 5.57. The van der Waals surface area contributed by atoms with Crippen molar-refractivity contribution in [3.05, 3.63) is 95.3 Å². The molecule has 244 valence electrons. The monoisotopic (exact) mass is 643 g/mol. The molecule has 0 saturated carbocycles. The van der Waals surface area contributed by atoms with Gasteiger partial charge in [0, 0.05) is 61.8 Å². The van der Waals surface area contributed by atoms with E-state index >= 15 is 0 Å². The van der Waals surface area contributed by atoms with E-state index in [1.54, 1.807) is 12.1 Å². The lowest BCUT2D eigenvalue weighted by Gasteiger charge is -2.32. The summed E-state index contributed by atoms with van der Waals surface area (Å²) in [5.74, 6) is 1.25. The van der Waals surface area contributed by atoms with Crippen molar-refractivity contribution in [2.75, 3.05) is 62.3 Å². The lowest BCUT2D eigenvalue weighted by molar-refractivity contribution is -0.137. The number of fused-ring (bicyclic) bond motifs is 1. The van der Waals surface area contributed by atoms with Gasteiger partial charge in [0.05, 0.1) is 16.6 Å². The van der Waals surface area contributed by atoms with Crippen molar-refractivity contribution in [1.82, 2.24) is 29.3 Å². The van der Waals surface area contributed by atoms with Gasteiger partial charge >= 0.3 is 6.18 Å². The highest BCUT2D eigenvalue weighted by molar-refractivity contribution is 6.04. The van der Waals surface area contributed by atoms with Crippen LogP contribution >= 0.6 is 0 Å². The summed E-state index contributed by atoms with van der Waals surface area (Å²) in [5, 5.41) is 9.61. The van der Waals surface area contributed by atoms with Crippen molar-refractivity contribution < 1.29 is 18.0 Å². The van der Waals surface area contributed by atoms with E-state index in [0.717, 1.165) is 79.4 Å². The number of halogens is 3. The third-order valence-corrected chi connectivity index (χ3v) is 8.34. The number of amides is 1. The molecule has 1 saturated heterocycles. The van der Waals surface area contributed by atoms with E-state index in [9.17, 15) is 18.0 Å². The Morgan fingerprint density at radius 2 is 1.72 bits per heavy atom. The number of hydrogen-bond donors (Lipinski definition) is 3. The molecule has 1 amide bonds. The number of carbonyl (C=O) groups is 1. The standard InChI is InChI=1S/C34H36F3N9O/c1-22-11-12-26(41-32(47)24-7-6-8-25(19-24)34(35,36)37)20-28(22)43-33-42-27-9-4-5-10-29(27)46(33)31-23(2)30(39-21-40-31)38-13-14-45-17-15-44(3)16-18-45/h4-12,19-21H,13-18H2,1-3H3,(H,41,47)(H,42,43)(H,38,39,40). The molecule has 5 aromatic rings. The molecule has 1 aliphatic rings. The fraction of sp³-hybridized carbons (Fsp3) is 0.294. The number of nitrogens with zero attached hydrogens (tertiary/aromatic N) is 6. The van der Waals surface area contributed by atoms with Crippen molar-refractivity contribution in [3.63, 3.8) is 0 Å². The van der Waals surface area contributed by atoms with E-state index in [1.807, 2.05) is 48.7 Å². The van der Waals surface area contributed by atoms with Crippen molar-refractivity contribution in [1.29, 1.82) is 0 Å². The summed E-state index contributed by atoms with van der Waals surface area (Å²) in [5.41, 5.74) is 3.40. The molecule has 0 spiro atoms. The molecule has 6 rings (SSSR count). The molecule has 0 bridgehead atoms. The van der Waals surface area contributed by atoms with E-state index in [1.165, 1.54) is 18.5 Å². The number of hydrogen-bond acceptors (Lipinski definition) is 8. The topological polar surface area (TPSA) is 103 Å². The van der Waals surface area contributed by atoms with Crippen LogP contribution in [-0.4, -0.2) is 81.5 Å². The average Bonchev–Trinajstić information content (AvgIpc) is 3.41. The molecular formula is C34H36F3N9O. The Labute approximate surface area is 270 Å². The number of rotatable bonds is 9. The number of piperazine rings is 1. The van der Waals surface area contributed by atoms with Crippen molar-refractivity contribution in [2.24, 2.45) is 0 Å². The molecule has 0 aliphatic carbocycles. The molecule has 3 N–H and O–H groups in total. The second kappa shape index (κ2) is 13.4. The molecule has 1 fully saturated rings. The van der Waals surface area contributed by atoms with E-state index in [0.29, 0.717) is 23.1 Å². The molecule has 10 nitrogen and oxygen atoms in total. The van der Waals surface area contributed by atoms with Gasteiger partial charge in [0.15, 0.2) is 0 Å². The van der Waals surface area contributed by atoms with Crippen LogP contribution in [0.15, 0.2) is 73.1 Å². The van der Waals surface area contributed by atoms with Crippen LogP contribution in [0.25, 0.3) is 16.9 Å². The normalized spacial score (nSPS) is 14.3. The predicted octanol–water partition coefficient (Wildman–Crippen LogP) is 6.11. The summed E-state index contributed by atoms with van der Waals surface area (Å²) in [4.78, 5) is 31.7. The number of aromatic nitrogens is 4. The number of para-hydroxylation sites is 2. The SMILES string of the molecule is Cc1ccc(NC(=O)c2cccc(C(F)(F)F)c2)cc1Nc1nc2ccccc2n1-c1ncnc(NCCN2CCN(C)CC2)c1C. The van der Waals surface area contributed by atoms with Gasteiger partial charge in [-0.05, 0) is 68.9 Å². The highest BCUT2D eigenvalue weighted by Gasteiger charge is 2.31. The maximum Gasteiger partial charge on any atom is 0.416 e. The Kier molecular flexibility index (Phi) is 9.10. The van der Waals surface area contributed by atoms with Crippen LogP contribution in [0, 0.1) is 13.8 Å². The quantitative estimate of drug-likeness (QED) is 0.177. The summed E-state index contributed by atoms with van der Waals surface area (Å²) < 4.78 is 41.6. The average molecular weight is 644 g/mol. The molecule has 0 atom stereocenters. The lowest BCUT2D eigenvalue weighted by atomic mass is 10.1. The second-order valence-corrected chi connectivity index (χ2v) is 11.7. The van der Waals surface area contributed by atoms with Crippen LogP contribution in [0.4, 0.5) is 36.3 Å². The predicted molar refractivity (Wildman–Crippen MR) is 178 cm³/mol. The highest BCUT2D eigenvalue weighted by atomic mass is 19.4. The molecule has 3 aromatic carbocycles. The van der Waals surface area contributed by atoms with Crippen molar-refractivity contribution in [2.45, 2.75) is 20.0 Å². The van der Waals surface area contributed by atoms with Gasteiger partial charge in [-0.2, -0.15) is 13.2 Å². The molecule has 47 heavy (non-hydrogen) atoms. The Bertz CT molecular complexity index is 1900. The van der Waals surface area contributed by atoms with E-state index in [4.69, 9.17) is 4.98 Å². The molecular weight excluding hydrogens is 607 g/mol. The Balaban J connectivity index is 1.26. The Hall–Kier alpha value is -5.01. The molecule has 1 aliphatic heterocycles. The van der Waals surface area contributed by atoms with Gasteiger partial charge in [-0.15, -0.1) is 0 Å². The number of benzene rings is 3. The number of aryl methyl sites for hydroxylation is 1. The molecule has 2 aromatic heterocycles. The minimum Gasteiger partial charge on any atom is -0.368 e. The van der Waals surface area contributed by atoms with Gasteiger partial charge in [-0.3, -0.25) is 14.3 Å². The van der Waals surface area contributed by atoms with E-state index in [-0.39, 0.29) is 5.56 Å². The molecule has 13 heteroatoms. The van der Waals surface area contributed by atoms with Crippen molar-refractivity contribution in [3.8, 4) is 5.82 Å². The summed E-state index contributed by atoms with van der Waals surface area (Å²) in [6.45, 7) is 9.74. The van der Waals surface area contributed by atoms with Crippen LogP contribution in [-0.2, 0) is 6.18 Å². The summed E-state index contributed by atoms with van der Waals surface area (Å²) in [7, 11) is 2.14. The van der Waals surface area contributed by atoms with Gasteiger partial charge in [0.2, 0.25) is 5.95 Å². The molecule has 0 unspecified atom stereocenters. The molecule has 3 heterocycles. The third-order valence-electron chi connectivity index (χ3n) is 8.34. The van der Waals surface area contributed by atoms with Gasteiger partial charge in [-0.1, -0.05) is 24.3 Å². The Morgan fingerprint density at radius 3 is 2.51 bits per heavy atom. The Morgan fingerprint density at radius 1 is 0.936 bits per heavy atom. The smallest absolute Gasteiger partial charge is 0.368 e. The summed E-state index contributed by atoms with van der Waals surface area (Å²) in [6, 6.07) is 17.3. The van der Waals surface area contributed by atoms with Crippen LogP contribution in [0.3, 0.4) is 0 Å². The number of carbonyl (C=O) groups excluding carboxylic acids is 1. The van der Waals surface area contributed by atoms with Crippen LogP contribution < -0.4 is 16.0 Å². The lowest BCUT2D eigenvalue weighted by Crippen LogP contribution is -2.45. The number of imidazole rings is 1. The van der Waals surface area contributed by atoms with Gasteiger partial charge < -0.3 is 20.9 Å². The van der Waals surface area contributed by atoms with Gasteiger partial charge in [0.1, 0.15) is 18.0 Å². The summed E-state index contributed by atoms with van der Waals surface area (Å²) >= 11 is 0. The number of alkyl halides is 3. The maximum absolute atomic E-state index is 13.2. The van der Waals surface area contributed by atoms with E-state index in [2.05, 4.69) is 42.8 Å². The van der Waals surface area contributed by atoms with Gasteiger partial charge in [0.25, 0.3) is 5.91 Å². The van der Waals surface area contributed by atoms with Gasteiger partial charge in [-0.25, -0.2) is 15.0 Å². The molecule has 0 radical (unpaired) electrons. The highest BCUT2D eigenvalue weighted by Crippen LogP contribution is 2.32. The number of anilines is 4. The fourth-order valence-corrected chi connectivity index (χ4v) is 5.57. The zero-order valence-electron chi connectivity index (χ0n) is 26.4. The first kappa shape index (κ1) is 32.0. The largest absolute Gasteiger partial charge is 0.416 e. The maximum atomic E-state index is 13.2. The minimum atomic E-state index is -4.55. The zero-order chi connectivity index (χ0) is 33.1. The first-order valence-corrected chi connectivity index (χ1v) is 15.4. The third kappa shape index (κ3) is 7.21.